The molecule has 9 heteroatoms. The Morgan fingerprint density at radius 2 is 1.55 bits per heavy atom. The Bertz CT molecular complexity index is 1380. The van der Waals surface area contributed by atoms with E-state index >= 15 is 0 Å². The van der Waals surface area contributed by atoms with Gasteiger partial charge < -0.3 is 30.8 Å². The molecular formula is C33H38N2O7. The molecule has 0 heterocycles. The number of nitrogens with two attached hydrogens (primary N) is 2. The summed E-state index contributed by atoms with van der Waals surface area (Å²) in [5, 5.41) is 9.74. The number of aromatic carboxylic acids is 1. The summed E-state index contributed by atoms with van der Waals surface area (Å²) in [5.41, 5.74) is 13.4. The van der Waals surface area contributed by atoms with Crippen molar-refractivity contribution in [3.8, 4) is 11.5 Å². The number of ether oxygens (including phenoxy) is 3. The first-order chi connectivity index (χ1) is 20.2. The van der Waals surface area contributed by atoms with Crippen molar-refractivity contribution in [2.24, 2.45) is 0 Å². The average molecular weight is 575 g/mol. The van der Waals surface area contributed by atoms with Crippen molar-refractivity contribution in [3.63, 3.8) is 0 Å². The van der Waals surface area contributed by atoms with Gasteiger partial charge in [-0.15, -0.1) is 0 Å². The van der Waals surface area contributed by atoms with Gasteiger partial charge in [0, 0.05) is 23.0 Å². The first-order valence-electron chi connectivity index (χ1n) is 14.1. The zero-order valence-corrected chi connectivity index (χ0v) is 24.0. The molecule has 0 amide bonds. The second-order valence-corrected chi connectivity index (χ2v) is 9.82. The molecule has 1 atom stereocenters. The van der Waals surface area contributed by atoms with Gasteiger partial charge >= 0.3 is 17.9 Å². The van der Waals surface area contributed by atoms with Crippen LogP contribution < -0.4 is 20.9 Å². The van der Waals surface area contributed by atoms with Gasteiger partial charge in [-0.2, -0.15) is 0 Å². The summed E-state index contributed by atoms with van der Waals surface area (Å²) >= 11 is 0. The Morgan fingerprint density at radius 3 is 2.19 bits per heavy atom. The fourth-order valence-corrected chi connectivity index (χ4v) is 4.26. The van der Waals surface area contributed by atoms with Crippen LogP contribution in [0.5, 0.6) is 11.5 Å². The number of carboxylic acids is 1. The lowest BCUT2D eigenvalue weighted by Crippen LogP contribution is -2.17. The van der Waals surface area contributed by atoms with Crippen LogP contribution in [0, 0.1) is 0 Å². The minimum Gasteiger partial charge on any atom is -0.494 e. The Balaban J connectivity index is 1.65. The lowest BCUT2D eigenvalue weighted by atomic mass is 9.95. The molecular weight excluding hydrogens is 536 g/mol. The number of carboxylic acid groups (broad SMARTS) is 1. The summed E-state index contributed by atoms with van der Waals surface area (Å²) in [6, 6.07) is 16.1. The molecule has 5 N–H and O–H groups in total. The van der Waals surface area contributed by atoms with Crippen LogP contribution in [-0.4, -0.2) is 29.6 Å². The van der Waals surface area contributed by atoms with Crippen molar-refractivity contribution in [2.75, 3.05) is 18.1 Å². The van der Waals surface area contributed by atoms with E-state index in [1.54, 1.807) is 54.6 Å². The topological polar surface area (TPSA) is 151 Å². The first kappa shape index (κ1) is 31.7. The maximum atomic E-state index is 13.1. The molecule has 1 unspecified atom stereocenters. The minimum absolute atomic E-state index is 0.0922. The van der Waals surface area contributed by atoms with Crippen LogP contribution in [0.25, 0.3) is 6.08 Å². The van der Waals surface area contributed by atoms with Gasteiger partial charge in [0.15, 0.2) is 0 Å². The number of nitrogen functional groups attached to an aromatic ring is 2. The molecule has 0 bridgehead atoms. The molecule has 0 aliphatic rings. The quantitative estimate of drug-likeness (QED) is 0.0583. The molecule has 3 rings (SSSR count). The van der Waals surface area contributed by atoms with Crippen LogP contribution in [0.2, 0.25) is 0 Å². The largest absolute Gasteiger partial charge is 0.494 e. The molecule has 0 saturated heterocycles. The van der Waals surface area contributed by atoms with Crippen molar-refractivity contribution < 1.29 is 33.7 Å². The zero-order valence-electron chi connectivity index (χ0n) is 24.0. The highest BCUT2D eigenvalue weighted by atomic mass is 16.5. The highest BCUT2D eigenvalue weighted by Gasteiger charge is 2.26. The van der Waals surface area contributed by atoms with Gasteiger partial charge in [-0.05, 0) is 79.4 Å². The molecule has 3 aromatic carbocycles. The van der Waals surface area contributed by atoms with Gasteiger partial charge in [-0.3, -0.25) is 0 Å². The van der Waals surface area contributed by atoms with Crippen molar-refractivity contribution >= 4 is 35.4 Å². The van der Waals surface area contributed by atoms with E-state index in [-0.39, 0.29) is 28.1 Å². The third-order valence-corrected chi connectivity index (χ3v) is 6.47. The third kappa shape index (κ3) is 9.40. The van der Waals surface area contributed by atoms with Crippen LogP contribution in [0.4, 0.5) is 11.4 Å². The number of anilines is 2. The van der Waals surface area contributed by atoms with Gasteiger partial charge in [0.1, 0.15) is 17.6 Å². The summed E-state index contributed by atoms with van der Waals surface area (Å²) in [6.07, 6.45) is 6.96. The molecule has 0 radical (unpaired) electrons. The van der Waals surface area contributed by atoms with E-state index in [4.69, 9.17) is 25.7 Å². The fourth-order valence-electron chi connectivity index (χ4n) is 4.26. The molecule has 0 aliphatic carbocycles. The summed E-state index contributed by atoms with van der Waals surface area (Å²) in [4.78, 5) is 37.3. The van der Waals surface area contributed by atoms with Crippen LogP contribution in [0.3, 0.4) is 0 Å². The van der Waals surface area contributed by atoms with E-state index in [1.807, 2.05) is 6.92 Å². The van der Waals surface area contributed by atoms with Gasteiger partial charge in [0.2, 0.25) is 0 Å². The smallest absolute Gasteiger partial charge is 0.338 e. The molecule has 0 spiro atoms. The van der Waals surface area contributed by atoms with E-state index in [0.717, 1.165) is 25.7 Å². The number of carbonyl (C=O) groups is 3. The maximum Gasteiger partial charge on any atom is 0.338 e. The number of carbonyl (C=O) groups excluding carboxylic acids is 2. The van der Waals surface area contributed by atoms with Crippen LogP contribution in [0.15, 0.2) is 66.7 Å². The summed E-state index contributed by atoms with van der Waals surface area (Å²) in [7, 11) is 0. The number of hydrogen-bond donors (Lipinski definition) is 3. The van der Waals surface area contributed by atoms with Crippen molar-refractivity contribution in [1.29, 1.82) is 0 Å². The Labute approximate surface area is 246 Å². The maximum absolute atomic E-state index is 13.1. The standard InChI is InChI=1S/C33H38N2O7/c1-3-5-7-8-29(31-27(32(37)38)20-24(34)21-28(31)35)42-33(39)23-12-9-22(10-13-23)11-18-30(36)41-26-16-14-25(15-17-26)40-19-6-4-2/h9-18,20-21,29H,3-8,19,34-35H2,1-2H3,(H,37,38)/b18-11+. The van der Waals surface area contributed by atoms with Gasteiger partial charge in [-0.25, -0.2) is 14.4 Å². The van der Waals surface area contributed by atoms with Crippen LogP contribution in [-0.2, 0) is 9.53 Å². The highest BCUT2D eigenvalue weighted by molar-refractivity contribution is 5.94. The predicted octanol–water partition coefficient (Wildman–Crippen LogP) is 6.83. The number of benzene rings is 3. The predicted molar refractivity (Wildman–Crippen MR) is 162 cm³/mol. The molecule has 42 heavy (non-hydrogen) atoms. The zero-order chi connectivity index (χ0) is 30.5. The summed E-state index contributed by atoms with van der Waals surface area (Å²) in [5.74, 6) is -1.27. The molecule has 222 valence electrons. The number of hydrogen-bond acceptors (Lipinski definition) is 8. The first-order valence-corrected chi connectivity index (χ1v) is 14.1. The molecule has 0 aromatic heterocycles. The molecule has 0 saturated carbocycles. The molecule has 0 fully saturated rings. The Morgan fingerprint density at radius 1 is 0.881 bits per heavy atom. The van der Waals surface area contributed by atoms with Gasteiger partial charge in [-0.1, -0.05) is 45.2 Å². The van der Waals surface area contributed by atoms with Gasteiger partial charge in [0.25, 0.3) is 0 Å². The van der Waals surface area contributed by atoms with Crippen molar-refractivity contribution in [2.45, 2.75) is 58.5 Å². The average Bonchev–Trinajstić information content (AvgIpc) is 2.96. The SMILES string of the molecule is CCCCCC(OC(=O)c1ccc(/C=C/C(=O)Oc2ccc(OCCCC)cc2)cc1)c1c(N)cc(N)cc1C(=O)O. The van der Waals surface area contributed by atoms with Crippen molar-refractivity contribution in [3.05, 3.63) is 89.0 Å². The van der Waals surface area contributed by atoms with E-state index in [9.17, 15) is 19.5 Å². The number of unbranched alkanes of at least 4 members (excludes halogenated alkanes) is 3. The molecule has 9 nitrogen and oxygen atoms in total. The molecule has 0 aliphatic heterocycles. The van der Waals surface area contributed by atoms with E-state index in [1.165, 1.54) is 18.2 Å². The highest BCUT2D eigenvalue weighted by Crippen LogP contribution is 2.34. The fraction of sp³-hybridized carbons (Fsp3) is 0.303. The second-order valence-electron chi connectivity index (χ2n) is 9.82. The summed E-state index contributed by atoms with van der Waals surface area (Å²) in [6.45, 7) is 4.77. The number of esters is 2. The van der Waals surface area contributed by atoms with Crippen LogP contribution >= 0.6 is 0 Å². The van der Waals surface area contributed by atoms with Crippen LogP contribution in [0.1, 0.15) is 90.3 Å². The van der Waals surface area contributed by atoms with E-state index in [0.29, 0.717) is 36.5 Å². The monoisotopic (exact) mass is 574 g/mol. The van der Waals surface area contributed by atoms with E-state index in [2.05, 4.69) is 6.92 Å². The Hall–Kier alpha value is -4.79. The van der Waals surface area contributed by atoms with Crippen molar-refractivity contribution in [1.82, 2.24) is 0 Å². The van der Waals surface area contributed by atoms with Gasteiger partial charge in [0.05, 0.1) is 17.7 Å². The normalized spacial score (nSPS) is 11.7. The third-order valence-electron chi connectivity index (χ3n) is 6.47. The summed E-state index contributed by atoms with van der Waals surface area (Å²) < 4.78 is 16.7. The minimum atomic E-state index is -1.20. The lowest BCUT2D eigenvalue weighted by Gasteiger charge is -2.22. The second kappa shape index (κ2) is 15.9. The number of rotatable bonds is 15. The van der Waals surface area contributed by atoms with E-state index < -0.39 is 24.0 Å². The molecule has 3 aromatic rings. The lowest BCUT2D eigenvalue weighted by molar-refractivity contribution is -0.128. The Kier molecular flexibility index (Phi) is 12.0.